The molecular weight excluding hydrogens is 314 g/mol. The minimum atomic E-state index is -0.702. The number of esters is 1. The fourth-order valence-corrected chi connectivity index (χ4v) is 2.95. The van der Waals surface area contributed by atoms with Crippen LogP contribution in [0.3, 0.4) is 0 Å². The molecule has 0 N–H and O–H groups in total. The van der Waals surface area contributed by atoms with Gasteiger partial charge in [0.05, 0.1) is 16.8 Å². The van der Waals surface area contributed by atoms with Crippen molar-refractivity contribution in [1.29, 1.82) is 0 Å². The van der Waals surface area contributed by atoms with Gasteiger partial charge >= 0.3 is 5.97 Å². The van der Waals surface area contributed by atoms with Gasteiger partial charge in [0.2, 0.25) is 0 Å². The van der Waals surface area contributed by atoms with Gasteiger partial charge < -0.3 is 4.74 Å². The van der Waals surface area contributed by atoms with Crippen LogP contribution < -0.4 is 0 Å². The minimum Gasteiger partial charge on any atom is -0.465 e. The van der Waals surface area contributed by atoms with Crippen molar-refractivity contribution in [2.75, 3.05) is 6.61 Å². The second-order valence-electron chi connectivity index (χ2n) is 4.48. The third kappa shape index (κ3) is 2.42. The van der Waals surface area contributed by atoms with Gasteiger partial charge in [-0.15, -0.1) is 11.3 Å². The van der Waals surface area contributed by atoms with E-state index in [0.717, 1.165) is 19.7 Å². The quantitative estimate of drug-likeness (QED) is 0.802. The number of halogens is 1. The Labute approximate surface area is 118 Å². The lowest BCUT2D eigenvalue weighted by Gasteiger charge is -2.19. The number of rotatable bonds is 3. The lowest BCUT2D eigenvalue weighted by atomic mass is 9.95. The highest BCUT2D eigenvalue weighted by Crippen LogP contribution is 2.33. The van der Waals surface area contributed by atoms with Crippen molar-refractivity contribution in [2.24, 2.45) is 0 Å². The largest absolute Gasteiger partial charge is 0.465 e. The molecule has 0 bridgehead atoms. The van der Waals surface area contributed by atoms with Crippen molar-refractivity contribution in [3.8, 4) is 0 Å². The molecule has 2 rings (SSSR count). The molecule has 2 aromatic rings. The second-order valence-corrected chi connectivity index (χ2v) is 6.42. The van der Waals surface area contributed by atoms with Crippen LogP contribution in [0.1, 0.15) is 25.8 Å². The van der Waals surface area contributed by atoms with Gasteiger partial charge in [-0.1, -0.05) is 15.9 Å². The molecule has 1 aromatic carbocycles. The number of thiazole rings is 1. The smallest absolute Gasteiger partial charge is 0.318 e. The van der Waals surface area contributed by atoms with Crippen LogP contribution in [0.25, 0.3) is 10.2 Å². The van der Waals surface area contributed by atoms with Crippen LogP contribution in [0.2, 0.25) is 0 Å². The summed E-state index contributed by atoms with van der Waals surface area (Å²) >= 11 is 4.95. The van der Waals surface area contributed by atoms with E-state index in [1.165, 1.54) is 11.3 Å². The summed E-state index contributed by atoms with van der Waals surface area (Å²) < 4.78 is 7.16. The Bertz CT molecular complexity index is 592. The molecule has 0 saturated carbocycles. The molecule has 5 heteroatoms. The maximum atomic E-state index is 11.9. The van der Waals surface area contributed by atoms with Crippen molar-refractivity contribution in [3.05, 3.63) is 27.7 Å². The van der Waals surface area contributed by atoms with E-state index in [4.69, 9.17) is 4.74 Å². The van der Waals surface area contributed by atoms with Crippen LogP contribution >= 0.6 is 27.3 Å². The summed E-state index contributed by atoms with van der Waals surface area (Å²) in [4.78, 5) is 16.5. The molecular formula is C13H14BrNO2S. The normalized spacial score (nSPS) is 11.8. The fourth-order valence-electron chi connectivity index (χ4n) is 1.57. The summed E-state index contributed by atoms with van der Waals surface area (Å²) in [7, 11) is 0. The maximum Gasteiger partial charge on any atom is 0.318 e. The number of aromatic nitrogens is 1. The Morgan fingerprint density at radius 3 is 2.89 bits per heavy atom. The van der Waals surface area contributed by atoms with Crippen LogP contribution in [-0.2, 0) is 14.9 Å². The van der Waals surface area contributed by atoms with Crippen molar-refractivity contribution in [3.63, 3.8) is 0 Å². The Morgan fingerprint density at radius 1 is 1.50 bits per heavy atom. The summed E-state index contributed by atoms with van der Waals surface area (Å²) in [6, 6.07) is 5.93. The third-order valence-corrected chi connectivity index (χ3v) is 4.52. The summed E-state index contributed by atoms with van der Waals surface area (Å²) in [6.07, 6.45) is 0. The first-order valence-corrected chi connectivity index (χ1v) is 7.30. The van der Waals surface area contributed by atoms with Gasteiger partial charge in [0, 0.05) is 4.47 Å². The number of benzene rings is 1. The molecule has 3 nitrogen and oxygen atoms in total. The minimum absolute atomic E-state index is 0.233. The van der Waals surface area contributed by atoms with E-state index < -0.39 is 5.41 Å². The van der Waals surface area contributed by atoms with Crippen LogP contribution in [0.4, 0.5) is 0 Å². The van der Waals surface area contributed by atoms with Crippen LogP contribution in [0, 0.1) is 0 Å². The van der Waals surface area contributed by atoms with E-state index in [-0.39, 0.29) is 5.97 Å². The zero-order chi connectivity index (χ0) is 13.3. The molecule has 96 valence electrons. The summed E-state index contributed by atoms with van der Waals surface area (Å²) in [5.74, 6) is -0.233. The van der Waals surface area contributed by atoms with E-state index >= 15 is 0 Å². The molecule has 18 heavy (non-hydrogen) atoms. The number of carbonyl (C=O) groups excluding carboxylic acids is 1. The molecule has 0 aliphatic carbocycles. The first kappa shape index (κ1) is 13.5. The highest BCUT2D eigenvalue weighted by molar-refractivity contribution is 9.10. The van der Waals surface area contributed by atoms with Gasteiger partial charge in [-0.2, -0.15) is 0 Å². The highest BCUT2D eigenvalue weighted by Gasteiger charge is 2.34. The Balaban J connectivity index is 2.44. The Morgan fingerprint density at radius 2 is 2.22 bits per heavy atom. The van der Waals surface area contributed by atoms with Crippen LogP contribution in [0.15, 0.2) is 22.7 Å². The topological polar surface area (TPSA) is 39.2 Å². The monoisotopic (exact) mass is 327 g/mol. The number of hydrogen-bond donors (Lipinski definition) is 0. The predicted molar refractivity (Wildman–Crippen MR) is 77.0 cm³/mol. The molecule has 0 aliphatic heterocycles. The maximum absolute atomic E-state index is 11.9. The average molecular weight is 328 g/mol. The molecule has 1 heterocycles. The van der Waals surface area contributed by atoms with E-state index in [9.17, 15) is 4.79 Å². The van der Waals surface area contributed by atoms with Crippen LogP contribution in [-0.4, -0.2) is 17.6 Å². The number of nitrogens with zero attached hydrogens (tertiary/aromatic N) is 1. The summed E-state index contributed by atoms with van der Waals surface area (Å²) in [5, 5.41) is 0.786. The fraction of sp³-hybridized carbons (Fsp3) is 0.385. The molecule has 0 spiro atoms. The van der Waals surface area contributed by atoms with Crippen LogP contribution in [0.5, 0.6) is 0 Å². The number of hydrogen-bond acceptors (Lipinski definition) is 4. The van der Waals surface area contributed by atoms with Gasteiger partial charge in [0.25, 0.3) is 0 Å². The molecule has 0 aliphatic rings. The first-order valence-electron chi connectivity index (χ1n) is 5.69. The molecule has 0 amide bonds. The van der Waals surface area contributed by atoms with E-state index in [0.29, 0.717) is 6.61 Å². The molecule has 0 unspecified atom stereocenters. The van der Waals surface area contributed by atoms with Gasteiger partial charge in [-0.3, -0.25) is 4.79 Å². The van der Waals surface area contributed by atoms with Crippen molar-refractivity contribution in [1.82, 2.24) is 4.98 Å². The van der Waals surface area contributed by atoms with E-state index in [1.54, 1.807) is 0 Å². The highest BCUT2D eigenvalue weighted by atomic mass is 79.9. The molecule has 0 radical (unpaired) electrons. The zero-order valence-corrected chi connectivity index (χ0v) is 12.9. The van der Waals surface area contributed by atoms with E-state index in [2.05, 4.69) is 20.9 Å². The third-order valence-electron chi connectivity index (χ3n) is 2.67. The van der Waals surface area contributed by atoms with Gasteiger partial charge in [-0.05, 0) is 39.0 Å². The van der Waals surface area contributed by atoms with Crippen molar-refractivity contribution < 1.29 is 9.53 Å². The standard InChI is InChI=1S/C13H14BrNO2S/c1-4-17-12(16)13(2,3)11-15-9-7-8(14)5-6-10(9)18-11/h5-7H,4H2,1-3H3. The van der Waals surface area contributed by atoms with E-state index in [1.807, 2.05) is 39.0 Å². The lowest BCUT2D eigenvalue weighted by molar-refractivity contribution is -0.148. The van der Waals surface area contributed by atoms with Gasteiger partial charge in [0.1, 0.15) is 10.4 Å². The average Bonchev–Trinajstić information content (AvgIpc) is 2.72. The Kier molecular flexibility index (Phi) is 3.73. The predicted octanol–water partition coefficient (Wildman–Crippen LogP) is 3.90. The number of ether oxygens (including phenoxy) is 1. The van der Waals surface area contributed by atoms with Crippen molar-refractivity contribution >= 4 is 43.5 Å². The van der Waals surface area contributed by atoms with Crippen molar-refractivity contribution in [2.45, 2.75) is 26.2 Å². The Hall–Kier alpha value is -0.940. The summed E-state index contributed by atoms with van der Waals surface area (Å²) in [6.45, 7) is 5.89. The van der Waals surface area contributed by atoms with Gasteiger partial charge in [0.15, 0.2) is 0 Å². The molecule has 1 aromatic heterocycles. The first-order chi connectivity index (χ1) is 8.45. The SMILES string of the molecule is CCOC(=O)C(C)(C)c1nc2cc(Br)ccc2s1. The number of fused-ring (bicyclic) bond motifs is 1. The second kappa shape index (κ2) is 4.97. The summed E-state index contributed by atoms with van der Waals surface area (Å²) in [5.41, 5.74) is 0.202. The number of carbonyl (C=O) groups is 1. The lowest BCUT2D eigenvalue weighted by Crippen LogP contribution is -2.30. The zero-order valence-electron chi connectivity index (χ0n) is 10.5. The molecule has 0 saturated heterocycles. The molecule has 0 fully saturated rings. The van der Waals surface area contributed by atoms with Gasteiger partial charge in [-0.25, -0.2) is 4.98 Å². The molecule has 0 atom stereocenters.